The molecule has 0 fully saturated rings. The van der Waals surface area contributed by atoms with E-state index in [-0.39, 0.29) is 0 Å². The first-order valence-corrected chi connectivity index (χ1v) is 6.78. The molecule has 102 valence electrons. The van der Waals surface area contributed by atoms with Crippen LogP contribution in [0, 0.1) is 0 Å². The molecule has 18 heavy (non-hydrogen) atoms. The zero-order chi connectivity index (χ0) is 13.1. The highest BCUT2D eigenvalue weighted by Crippen LogP contribution is 2.17. The Hall–Kier alpha value is -1.06. The highest BCUT2D eigenvalue weighted by Gasteiger charge is 2.01. The Labute approximate surface area is 110 Å². The third kappa shape index (κ3) is 6.03. The number of ether oxygens (including phenoxy) is 2. The van der Waals surface area contributed by atoms with Crippen LogP contribution in [-0.2, 0) is 11.3 Å². The smallest absolute Gasteiger partial charge is 0.123 e. The number of nitrogens with one attached hydrogen (secondary N) is 1. The number of para-hydroxylation sites is 1. The van der Waals surface area contributed by atoms with Gasteiger partial charge in [0.2, 0.25) is 0 Å². The molecule has 0 aliphatic heterocycles. The quantitative estimate of drug-likeness (QED) is 0.648. The van der Waals surface area contributed by atoms with E-state index in [0.717, 1.165) is 51.3 Å². The van der Waals surface area contributed by atoms with Gasteiger partial charge in [-0.25, -0.2) is 0 Å². The molecule has 0 saturated heterocycles. The first kappa shape index (κ1) is 15.0. The highest BCUT2D eigenvalue weighted by molar-refractivity contribution is 5.33. The van der Waals surface area contributed by atoms with Gasteiger partial charge in [0.25, 0.3) is 0 Å². The second-order valence-electron chi connectivity index (χ2n) is 4.33. The normalized spacial score (nSPS) is 10.6. The molecule has 0 saturated carbocycles. The van der Waals surface area contributed by atoms with Gasteiger partial charge in [-0.1, -0.05) is 31.5 Å². The molecule has 0 aliphatic rings. The summed E-state index contributed by atoms with van der Waals surface area (Å²) in [7, 11) is 1.73. The van der Waals surface area contributed by atoms with Gasteiger partial charge in [-0.05, 0) is 25.5 Å². The largest absolute Gasteiger partial charge is 0.493 e. The van der Waals surface area contributed by atoms with Crippen molar-refractivity contribution in [2.24, 2.45) is 0 Å². The fourth-order valence-electron chi connectivity index (χ4n) is 1.68. The third-order valence-electron chi connectivity index (χ3n) is 2.75. The molecule has 1 aromatic carbocycles. The zero-order valence-corrected chi connectivity index (χ0v) is 11.6. The van der Waals surface area contributed by atoms with E-state index in [4.69, 9.17) is 9.47 Å². The SMILES string of the molecule is CCCCOc1ccccc1CNCCCOC. The molecule has 0 atom stereocenters. The molecule has 0 aromatic heterocycles. The molecule has 1 N–H and O–H groups in total. The summed E-state index contributed by atoms with van der Waals surface area (Å²) in [6, 6.07) is 8.24. The number of benzene rings is 1. The van der Waals surface area contributed by atoms with Crippen LogP contribution in [-0.4, -0.2) is 26.9 Å². The van der Waals surface area contributed by atoms with Gasteiger partial charge in [-0.3, -0.25) is 0 Å². The van der Waals surface area contributed by atoms with E-state index in [1.165, 1.54) is 5.56 Å². The van der Waals surface area contributed by atoms with Crippen LogP contribution in [0.4, 0.5) is 0 Å². The molecule has 3 nitrogen and oxygen atoms in total. The van der Waals surface area contributed by atoms with Gasteiger partial charge >= 0.3 is 0 Å². The number of hydrogen-bond acceptors (Lipinski definition) is 3. The number of unbranched alkanes of at least 4 members (excludes halogenated alkanes) is 1. The van der Waals surface area contributed by atoms with E-state index < -0.39 is 0 Å². The number of hydrogen-bond donors (Lipinski definition) is 1. The van der Waals surface area contributed by atoms with Gasteiger partial charge < -0.3 is 14.8 Å². The second kappa shape index (κ2) is 9.92. The maximum atomic E-state index is 5.79. The van der Waals surface area contributed by atoms with Crippen LogP contribution < -0.4 is 10.1 Å². The Morgan fingerprint density at radius 2 is 1.94 bits per heavy atom. The molecule has 0 unspecified atom stereocenters. The summed E-state index contributed by atoms with van der Waals surface area (Å²) in [5, 5.41) is 3.41. The topological polar surface area (TPSA) is 30.5 Å². The second-order valence-corrected chi connectivity index (χ2v) is 4.33. The van der Waals surface area contributed by atoms with Crippen LogP contribution in [0.1, 0.15) is 31.7 Å². The monoisotopic (exact) mass is 251 g/mol. The number of rotatable bonds is 10. The van der Waals surface area contributed by atoms with Crippen LogP contribution >= 0.6 is 0 Å². The van der Waals surface area contributed by atoms with Crippen molar-refractivity contribution < 1.29 is 9.47 Å². The lowest BCUT2D eigenvalue weighted by Crippen LogP contribution is -2.16. The Morgan fingerprint density at radius 1 is 1.11 bits per heavy atom. The van der Waals surface area contributed by atoms with Gasteiger partial charge in [0.15, 0.2) is 0 Å². The van der Waals surface area contributed by atoms with Crippen molar-refractivity contribution in [3.8, 4) is 5.75 Å². The molecule has 0 spiro atoms. The van der Waals surface area contributed by atoms with Gasteiger partial charge in [-0.2, -0.15) is 0 Å². The predicted molar refractivity (Wildman–Crippen MR) is 75.0 cm³/mol. The Morgan fingerprint density at radius 3 is 2.72 bits per heavy atom. The molecule has 1 rings (SSSR count). The van der Waals surface area contributed by atoms with Crippen LogP contribution in [0.25, 0.3) is 0 Å². The average molecular weight is 251 g/mol. The van der Waals surface area contributed by atoms with Crippen molar-refractivity contribution in [3.63, 3.8) is 0 Å². The molecule has 0 amide bonds. The van der Waals surface area contributed by atoms with Crippen molar-refractivity contribution in [2.45, 2.75) is 32.7 Å². The first-order valence-electron chi connectivity index (χ1n) is 6.78. The molecule has 0 aliphatic carbocycles. The third-order valence-corrected chi connectivity index (χ3v) is 2.75. The molecule has 3 heteroatoms. The van der Waals surface area contributed by atoms with Crippen molar-refractivity contribution in [1.82, 2.24) is 5.32 Å². The van der Waals surface area contributed by atoms with E-state index in [9.17, 15) is 0 Å². The Bertz CT molecular complexity index is 315. The van der Waals surface area contributed by atoms with Gasteiger partial charge in [0.05, 0.1) is 6.61 Å². The molecule has 0 bridgehead atoms. The standard InChI is InChI=1S/C15H25NO2/c1-3-4-12-18-15-9-6-5-8-14(15)13-16-10-7-11-17-2/h5-6,8-9,16H,3-4,7,10-13H2,1-2H3. The molecule has 0 heterocycles. The summed E-state index contributed by atoms with van der Waals surface area (Å²) >= 11 is 0. The minimum Gasteiger partial charge on any atom is -0.493 e. The van der Waals surface area contributed by atoms with Crippen LogP contribution in [0.2, 0.25) is 0 Å². The first-order chi connectivity index (χ1) is 8.88. The lowest BCUT2D eigenvalue weighted by atomic mass is 10.2. The van der Waals surface area contributed by atoms with E-state index in [1.54, 1.807) is 7.11 Å². The van der Waals surface area contributed by atoms with E-state index in [1.807, 2.05) is 12.1 Å². The minimum absolute atomic E-state index is 0.803. The van der Waals surface area contributed by atoms with E-state index in [2.05, 4.69) is 24.4 Å². The van der Waals surface area contributed by atoms with Crippen molar-refractivity contribution in [3.05, 3.63) is 29.8 Å². The molecular formula is C15H25NO2. The van der Waals surface area contributed by atoms with Gasteiger partial charge in [0, 0.05) is 25.8 Å². The summed E-state index contributed by atoms with van der Waals surface area (Å²) in [6.07, 6.45) is 3.31. The average Bonchev–Trinajstić information content (AvgIpc) is 2.40. The maximum absolute atomic E-state index is 5.79. The number of methoxy groups -OCH3 is 1. The van der Waals surface area contributed by atoms with E-state index >= 15 is 0 Å². The van der Waals surface area contributed by atoms with Crippen molar-refractivity contribution in [1.29, 1.82) is 0 Å². The van der Waals surface area contributed by atoms with Crippen LogP contribution in [0.3, 0.4) is 0 Å². The summed E-state index contributed by atoms with van der Waals surface area (Å²) < 4.78 is 10.8. The summed E-state index contributed by atoms with van der Waals surface area (Å²) in [6.45, 7) is 5.61. The van der Waals surface area contributed by atoms with Gasteiger partial charge in [-0.15, -0.1) is 0 Å². The fourth-order valence-corrected chi connectivity index (χ4v) is 1.68. The lowest BCUT2D eigenvalue weighted by molar-refractivity contribution is 0.194. The summed E-state index contributed by atoms with van der Waals surface area (Å²) in [4.78, 5) is 0. The molecule has 1 aromatic rings. The van der Waals surface area contributed by atoms with Crippen molar-refractivity contribution in [2.75, 3.05) is 26.9 Å². The Balaban J connectivity index is 2.33. The maximum Gasteiger partial charge on any atom is 0.123 e. The predicted octanol–water partition coefficient (Wildman–Crippen LogP) is 2.99. The molecule has 0 radical (unpaired) electrons. The summed E-state index contributed by atoms with van der Waals surface area (Å²) in [5.74, 6) is 1.00. The van der Waals surface area contributed by atoms with Gasteiger partial charge in [0.1, 0.15) is 5.75 Å². The van der Waals surface area contributed by atoms with Crippen LogP contribution in [0.5, 0.6) is 5.75 Å². The molecular weight excluding hydrogens is 226 g/mol. The highest BCUT2D eigenvalue weighted by atomic mass is 16.5. The van der Waals surface area contributed by atoms with E-state index in [0.29, 0.717) is 0 Å². The van der Waals surface area contributed by atoms with Crippen LogP contribution in [0.15, 0.2) is 24.3 Å². The van der Waals surface area contributed by atoms with Crippen molar-refractivity contribution >= 4 is 0 Å². The Kier molecular flexibility index (Phi) is 8.26. The minimum atomic E-state index is 0.803. The summed E-state index contributed by atoms with van der Waals surface area (Å²) in [5.41, 5.74) is 1.23. The fraction of sp³-hybridized carbons (Fsp3) is 0.600. The zero-order valence-electron chi connectivity index (χ0n) is 11.6. The lowest BCUT2D eigenvalue weighted by Gasteiger charge is -2.11.